The van der Waals surface area contributed by atoms with E-state index in [1.54, 1.807) is 0 Å². The second-order valence-electron chi connectivity index (χ2n) is 5.71. The standard InChI is InChI=1S/C18H15O4/c19-11-5-7-17(21)15(9-11)13-3-1-2-4-14(13)16-10-12(20)6-8-18(16)22/h1,5-10,13-14H,2-4H2. The first-order chi connectivity index (χ1) is 10.6. The molecular weight excluding hydrogens is 280 g/mol. The Bertz CT molecular complexity index is 628. The normalized spacial score (nSPS) is 28.7. The molecule has 0 aromatic heterocycles. The topological polar surface area (TPSA) is 68.3 Å². The first-order valence-electron chi connectivity index (χ1n) is 7.34. The molecule has 4 nitrogen and oxygen atoms in total. The molecule has 0 aliphatic heterocycles. The van der Waals surface area contributed by atoms with Crippen molar-refractivity contribution in [2.45, 2.75) is 19.3 Å². The lowest BCUT2D eigenvalue weighted by Crippen LogP contribution is -2.30. The zero-order chi connectivity index (χ0) is 15.7. The number of hydrogen-bond donors (Lipinski definition) is 0. The predicted molar refractivity (Wildman–Crippen MR) is 79.6 cm³/mol. The zero-order valence-electron chi connectivity index (χ0n) is 12.0. The second kappa shape index (κ2) is 5.79. The summed E-state index contributed by atoms with van der Waals surface area (Å²) in [5.41, 5.74) is 0.908. The van der Waals surface area contributed by atoms with E-state index >= 15 is 0 Å². The van der Waals surface area contributed by atoms with Crippen LogP contribution < -0.4 is 0 Å². The molecule has 1 fully saturated rings. The van der Waals surface area contributed by atoms with Crippen molar-refractivity contribution in [3.05, 3.63) is 54.0 Å². The Hall–Kier alpha value is -2.36. The van der Waals surface area contributed by atoms with Gasteiger partial charge in [-0.1, -0.05) is 0 Å². The van der Waals surface area contributed by atoms with Gasteiger partial charge < -0.3 is 0 Å². The summed E-state index contributed by atoms with van der Waals surface area (Å²) in [6.07, 6.45) is 12.1. The van der Waals surface area contributed by atoms with Crippen LogP contribution in [-0.4, -0.2) is 23.1 Å². The van der Waals surface area contributed by atoms with Crippen molar-refractivity contribution in [1.82, 2.24) is 0 Å². The Labute approximate surface area is 128 Å². The minimum atomic E-state index is -0.218. The van der Waals surface area contributed by atoms with E-state index in [0.717, 1.165) is 6.42 Å². The van der Waals surface area contributed by atoms with Crippen LogP contribution in [0.4, 0.5) is 0 Å². The zero-order valence-corrected chi connectivity index (χ0v) is 12.0. The van der Waals surface area contributed by atoms with Crippen molar-refractivity contribution in [2.24, 2.45) is 11.8 Å². The average Bonchev–Trinajstić information content (AvgIpc) is 2.52. The van der Waals surface area contributed by atoms with E-state index in [-0.39, 0.29) is 35.0 Å². The highest BCUT2D eigenvalue weighted by atomic mass is 16.1. The lowest BCUT2D eigenvalue weighted by Gasteiger charge is -2.34. The fourth-order valence-corrected chi connectivity index (χ4v) is 3.31. The molecule has 2 atom stereocenters. The minimum Gasteiger partial charge on any atom is -0.290 e. The van der Waals surface area contributed by atoms with Crippen LogP contribution in [0.3, 0.4) is 0 Å². The maximum Gasteiger partial charge on any atom is 0.182 e. The number of hydrogen-bond acceptors (Lipinski definition) is 4. The average molecular weight is 295 g/mol. The highest BCUT2D eigenvalue weighted by molar-refractivity contribution is 6.19. The summed E-state index contributed by atoms with van der Waals surface area (Å²) in [6.45, 7) is 0. The Morgan fingerprint density at radius 1 is 0.727 bits per heavy atom. The third kappa shape index (κ3) is 2.69. The molecule has 0 spiro atoms. The second-order valence-corrected chi connectivity index (χ2v) is 5.71. The quantitative estimate of drug-likeness (QED) is 0.729. The fourth-order valence-electron chi connectivity index (χ4n) is 3.31. The van der Waals surface area contributed by atoms with Crippen molar-refractivity contribution in [2.75, 3.05) is 0 Å². The van der Waals surface area contributed by atoms with Gasteiger partial charge >= 0.3 is 0 Å². The van der Waals surface area contributed by atoms with Gasteiger partial charge in [-0.3, -0.25) is 19.2 Å². The minimum absolute atomic E-state index is 0.178. The summed E-state index contributed by atoms with van der Waals surface area (Å²) in [5.74, 6) is -1.19. The predicted octanol–water partition coefficient (Wildman–Crippen LogP) is 1.88. The Morgan fingerprint density at radius 2 is 1.27 bits per heavy atom. The monoisotopic (exact) mass is 295 g/mol. The van der Waals surface area contributed by atoms with Crippen molar-refractivity contribution in [3.63, 3.8) is 0 Å². The molecule has 4 heteroatoms. The van der Waals surface area contributed by atoms with Gasteiger partial charge in [0.2, 0.25) is 0 Å². The maximum atomic E-state index is 12.1. The van der Waals surface area contributed by atoms with E-state index in [2.05, 4.69) is 6.42 Å². The first-order valence-corrected chi connectivity index (χ1v) is 7.34. The highest BCUT2D eigenvalue weighted by Crippen LogP contribution is 2.40. The van der Waals surface area contributed by atoms with E-state index < -0.39 is 0 Å². The van der Waals surface area contributed by atoms with Crippen molar-refractivity contribution in [1.29, 1.82) is 0 Å². The van der Waals surface area contributed by atoms with E-state index in [4.69, 9.17) is 0 Å². The maximum absolute atomic E-state index is 12.1. The molecule has 3 aliphatic rings. The van der Waals surface area contributed by atoms with Gasteiger partial charge in [-0.2, -0.15) is 0 Å². The molecule has 0 N–H and O–H groups in total. The van der Waals surface area contributed by atoms with Gasteiger partial charge in [-0.05, 0) is 74.0 Å². The van der Waals surface area contributed by atoms with Crippen LogP contribution in [0, 0.1) is 18.3 Å². The van der Waals surface area contributed by atoms with Crippen molar-refractivity contribution in [3.8, 4) is 0 Å². The van der Waals surface area contributed by atoms with Gasteiger partial charge in [0, 0.05) is 11.1 Å². The molecule has 0 bridgehead atoms. The molecular formula is C18H15O4. The van der Waals surface area contributed by atoms with Gasteiger partial charge in [0.05, 0.1) is 0 Å². The summed E-state index contributed by atoms with van der Waals surface area (Å²) >= 11 is 0. The number of ketones is 4. The molecule has 111 valence electrons. The third-order valence-corrected chi connectivity index (χ3v) is 4.35. The van der Waals surface area contributed by atoms with Crippen LogP contribution in [0.1, 0.15) is 19.3 Å². The molecule has 0 aromatic rings. The van der Waals surface area contributed by atoms with E-state index in [9.17, 15) is 19.2 Å². The van der Waals surface area contributed by atoms with Gasteiger partial charge in [-0.25, -0.2) is 0 Å². The summed E-state index contributed by atoms with van der Waals surface area (Å²) in [6, 6.07) is 0. The number of allylic oxidation sites excluding steroid dienone is 8. The van der Waals surface area contributed by atoms with Gasteiger partial charge in [-0.15, -0.1) is 0 Å². The molecule has 3 aliphatic carbocycles. The smallest absolute Gasteiger partial charge is 0.182 e. The molecule has 1 radical (unpaired) electrons. The van der Waals surface area contributed by atoms with E-state index in [1.807, 2.05) is 0 Å². The molecule has 0 heterocycles. The van der Waals surface area contributed by atoms with Crippen molar-refractivity contribution >= 4 is 23.1 Å². The van der Waals surface area contributed by atoms with Crippen LogP contribution >= 0.6 is 0 Å². The van der Waals surface area contributed by atoms with Gasteiger partial charge in [0.25, 0.3) is 0 Å². The highest BCUT2D eigenvalue weighted by Gasteiger charge is 2.36. The fraction of sp³-hybridized carbons (Fsp3) is 0.278. The number of carbonyl (C=O) groups excluding carboxylic acids is 4. The van der Waals surface area contributed by atoms with E-state index in [1.165, 1.54) is 36.5 Å². The van der Waals surface area contributed by atoms with Crippen LogP contribution in [0.25, 0.3) is 0 Å². The Balaban J connectivity index is 1.95. The summed E-state index contributed by atoms with van der Waals surface area (Å²) < 4.78 is 0. The molecule has 2 unspecified atom stereocenters. The molecule has 0 saturated heterocycles. The van der Waals surface area contributed by atoms with Crippen LogP contribution in [-0.2, 0) is 19.2 Å². The summed E-state index contributed by atoms with van der Waals surface area (Å²) in [7, 11) is 0. The van der Waals surface area contributed by atoms with Crippen molar-refractivity contribution < 1.29 is 19.2 Å². The summed E-state index contributed by atoms with van der Waals surface area (Å²) in [4.78, 5) is 47.4. The summed E-state index contributed by atoms with van der Waals surface area (Å²) in [5, 5.41) is 0. The molecule has 0 amide bonds. The number of rotatable bonds is 2. The van der Waals surface area contributed by atoms with Crippen LogP contribution in [0.5, 0.6) is 0 Å². The van der Waals surface area contributed by atoms with Crippen LogP contribution in [0.2, 0.25) is 0 Å². The first kappa shape index (κ1) is 14.6. The lowest BCUT2D eigenvalue weighted by molar-refractivity contribution is -0.115. The molecule has 3 rings (SSSR count). The van der Waals surface area contributed by atoms with Gasteiger partial charge in [0.15, 0.2) is 23.1 Å². The lowest BCUT2D eigenvalue weighted by atomic mass is 9.68. The number of carbonyl (C=O) groups is 4. The van der Waals surface area contributed by atoms with E-state index in [0.29, 0.717) is 24.0 Å². The largest absolute Gasteiger partial charge is 0.290 e. The Morgan fingerprint density at radius 3 is 1.86 bits per heavy atom. The van der Waals surface area contributed by atoms with Gasteiger partial charge in [0.1, 0.15) is 0 Å². The van der Waals surface area contributed by atoms with Crippen LogP contribution in [0.15, 0.2) is 47.6 Å². The Kier molecular flexibility index (Phi) is 3.84. The molecule has 1 saturated carbocycles. The molecule has 22 heavy (non-hydrogen) atoms. The third-order valence-electron chi connectivity index (χ3n) is 4.35. The SMILES string of the molecule is O=C1C=CC(=O)C(C2C[CH]CCC2C2=CC(=O)C=CC2=O)=C1. The molecule has 0 aromatic carbocycles.